The Morgan fingerprint density at radius 3 is 2.50 bits per heavy atom. The maximum atomic E-state index is 13.3. The number of H-pyrrole nitrogens is 1. The van der Waals surface area contributed by atoms with Crippen molar-refractivity contribution in [2.75, 3.05) is 43.4 Å². The van der Waals surface area contributed by atoms with Crippen LogP contribution in [-0.4, -0.2) is 71.3 Å². The minimum absolute atomic E-state index is 0.0276. The topological polar surface area (TPSA) is 127 Å². The van der Waals surface area contributed by atoms with Gasteiger partial charge in [-0.2, -0.15) is 0 Å². The maximum Gasteiger partial charge on any atom is 0.277 e. The Bertz CT molecular complexity index is 1800. The summed E-state index contributed by atoms with van der Waals surface area (Å²) in [6, 6.07) is 21.5. The molecule has 3 N–H and O–H groups in total. The molecule has 0 saturated carbocycles. The van der Waals surface area contributed by atoms with Crippen molar-refractivity contribution >= 4 is 45.9 Å². The van der Waals surface area contributed by atoms with Crippen molar-refractivity contribution in [3.8, 4) is 5.88 Å². The molecular formula is C32H30N6O4. The minimum Gasteiger partial charge on any atom is -0.494 e. The Hall–Kier alpha value is -5.22. The van der Waals surface area contributed by atoms with Gasteiger partial charge in [0, 0.05) is 71.9 Å². The number of aromatic amines is 1. The van der Waals surface area contributed by atoms with Crippen LogP contribution < -0.4 is 10.2 Å². The van der Waals surface area contributed by atoms with Gasteiger partial charge in [0.1, 0.15) is 5.76 Å². The molecule has 3 heterocycles. The molecule has 1 fully saturated rings. The third-order valence-corrected chi connectivity index (χ3v) is 7.38. The van der Waals surface area contributed by atoms with Crippen molar-refractivity contribution in [3.63, 3.8) is 0 Å². The number of carbonyl (C=O) groups excluding carboxylic acids is 2. The molecule has 2 aromatic heterocycles. The smallest absolute Gasteiger partial charge is 0.277 e. The van der Waals surface area contributed by atoms with Gasteiger partial charge >= 0.3 is 0 Å². The molecule has 0 atom stereocenters. The van der Waals surface area contributed by atoms with Crippen molar-refractivity contribution in [1.82, 2.24) is 15.0 Å². The molecule has 1 aliphatic rings. The van der Waals surface area contributed by atoms with Gasteiger partial charge in [-0.3, -0.25) is 14.6 Å². The quantitative estimate of drug-likeness (QED) is 0.185. The van der Waals surface area contributed by atoms with Crippen LogP contribution in [0.4, 0.5) is 17.1 Å². The first kappa shape index (κ1) is 27.0. The van der Waals surface area contributed by atoms with E-state index < -0.39 is 5.91 Å². The summed E-state index contributed by atoms with van der Waals surface area (Å²) >= 11 is 0. The number of nitrogens with one attached hydrogen (secondary N) is 2. The van der Waals surface area contributed by atoms with E-state index in [0.717, 1.165) is 37.3 Å². The molecule has 0 unspecified atom stereocenters. The minimum atomic E-state index is -0.431. The second kappa shape index (κ2) is 11.3. The predicted octanol–water partition coefficient (Wildman–Crippen LogP) is 5.16. The van der Waals surface area contributed by atoms with Crippen LogP contribution in [0.2, 0.25) is 0 Å². The molecule has 1 aliphatic heterocycles. The number of nitrogens with zero attached hydrogens (tertiary/aromatic N) is 4. The van der Waals surface area contributed by atoms with Crippen LogP contribution in [0.5, 0.6) is 5.88 Å². The molecule has 6 rings (SSSR count). The molecule has 0 aliphatic carbocycles. The first-order valence-electron chi connectivity index (χ1n) is 13.7. The van der Waals surface area contributed by atoms with E-state index in [4.69, 9.17) is 4.52 Å². The third-order valence-electron chi connectivity index (χ3n) is 7.38. The number of aromatic nitrogens is 2. The predicted molar refractivity (Wildman–Crippen MR) is 162 cm³/mol. The zero-order valence-corrected chi connectivity index (χ0v) is 23.3. The maximum absolute atomic E-state index is 13.3. The summed E-state index contributed by atoms with van der Waals surface area (Å²) in [5, 5.41) is 17.8. The van der Waals surface area contributed by atoms with Crippen molar-refractivity contribution in [3.05, 3.63) is 101 Å². The number of rotatable bonds is 7. The fourth-order valence-electron chi connectivity index (χ4n) is 5.00. The largest absolute Gasteiger partial charge is 0.494 e. The van der Waals surface area contributed by atoms with Crippen LogP contribution in [0.3, 0.4) is 0 Å². The lowest BCUT2D eigenvalue weighted by atomic mass is 10.0. The summed E-state index contributed by atoms with van der Waals surface area (Å²) in [5.41, 5.74) is 4.55. The van der Waals surface area contributed by atoms with Crippen LogP contribution in [-0.2, 0) is 0 Å². The van der Waals surface area contributed by atoms with Gasteiger partial charge in [0.2, 0.25) is 0 Å². The zero-order chi connectivity index (χ0) is 29.2. The Labute approximate surface area is 242 Å². The van der Waals surface area contributed by atoms with E-state index in [2.05, 4.69) is 49.4 Å². The first-order valence-corrected chi connectivity index (χ1v) is 13.7. The van der Waals surface area contributed by atoms with Crippen LogP contribution in [0, 0.1) is 6.92 Å². The van der Waals surface area contributed by atoms with Gasteiger partial charge in [0.05, 0.1) is 11.3 Å². The highest BCUT2D eigenvalue weighted by Gasteiger charge is 2.17. The average molecular weight is 563 g/mol. The number of likely N-dealkylation sites (N-methyl/N-ethyl adjacent to an activating group) is 1. The summed E-state index contributed by atoms with van der Waals surface area (Å²) in [4.78, 5) is 38.0. The summed E-state index contributed by atoms with van der Waals surface area (Å²) in [7, 11) is 2.14. The summed E-state index contributed by atoms with van der Waals surface area (Å²) in [5.74, 6) is -0.158. The zero-order valence-electron chi connectivity index (χ0n) is 23.3. The number of ketones is 1. The van der Waals surface area contributed by atoms with Crippen molar-refractivity contribution in [2.24, 2.45) is 4.99 Å². The number of piperazine rings is 1. The highest BCUT2D eigenvalue weighted by atomic mass is 16.5. The van der Waals surface area contributed by atoms with E-state index in [0.29, 0.717) is 33.7 Å². The number of carbonyl (C=O) groups is 2. The van der Waals surface area contributed by atoms with E-state index >= 15 is 0 Å². The van der Waals surface area contributed by atoms with Gasteiger partial charge in [-0.25, -0.2) is 0 Å². The van der Waals surface area contributed by atoms with Crippen LogP contribution in [0.25, 0.3) is 10.9 Å². The Kier molecular flexibility index (Phi) is 7.28. The lowest BCUT2D eigenvalue weighted by molar-refractivity contribution is 0.101. The Morgan fingerprint density at radius 2 is 1.76 bits per heavy atom. The SMILES string of the molecule is Cc1cc(C(=O)Nc2cccc(C(=O)c3ccc4c(C=Nc5ccc(N6CCN(C)CC6)cc5)c(O)[nH]c4c3)c2)no1. The molecular weight excluding hydrogens is 532 g/mol. The molecule has 0 bridgehead atoms. The second-order valence-electron chi connectivity index (χ2n) is 10.4. The normalized spacial score (nSPS) is 14.1. The second-order valence-corrected chi connectivity index (χ2v) is 10.4. The number of anilines is 2. The summed E-state index contributed by atoms with van der Waals surface area (Å²) in [6.07, 6.45) is 1.63. The van der Waals surface area contributed by atoms with Crippen molar-refractivity contribution in [2.45, 2.75) is 6.92 Å². The molecule has 42 heavy (non-hydrogen) atoms. The van der Waals surface area contributed by atoms with Crippen LogP contribution in [0.1, 0.15) is 37.7 Å². The van der Waals surface area contributed by atoms with Gasteiger partial charge < -0.3 is 29.7 Å². The molecule has 3 aromatic carbocycles. The van der Waals surface area contributed by atoms with E-state index in [-0.39, 0.29) is 17.4 Å². The number of aromatic hydroxyl groups is 1. The number of fused-ring (bicyclic) bond motifs is 1. The first-order chi connectivity index (χ1) is 20.3. The molecule has 1 saturated heterocycles. The number of hydrogen-bond acceptors (Lipinski definition) is 8. The van der Waals surface area contributed by atoms with Gasteiger partial charge in [-0.1, -0.05) is 29.4 Å². The molecule has 0 radical (unpaired) electrons. The van der Waals surface area contributed by atoms with E-state index in [1.807, 2.05) is 12.1 Å². The molecule has 0 spiro atoms. The molecule has 10 heteroatoms. The van der Waals surface area contributed by atoms with Gasteiger partial charge in [0.15, 0.2) is 17.4 Å². The average Bonchev–Trinajstić information content (AvgIpc) is 3.58. The fourth-order valence-corrected chi connectivity index (χ4v) is 5.00. The highest BCUT2D eigenvalue weighted by Crippen LogP contribution is 2.29. The van der Waals surface area contributed by atoms with Crippen molar-refractivity contribution < 1.29 is 19.2 Å². The van der Waals surface area contributed by atoms with E-state index in [9.17, 15) is 14.7 Å². The number of hydrogen-bond donors (Lipinski definition) is 3. The Balaban J connectivity index is 1.17. The number of aliphatic imine (C=N–C) groups is 1. The number of aryl methyl sites for hydroxylation is 1. The monoisotopic (exact) mass is 562 g/mol. The highest BCUT2D eigenvalue weighted by molar-refractivity contribution is 6.13. The van der Waals surface area contributed by atoms with Gasteiger partial charge in [-0.05, 0) is 56.4 Å². The van der Waals surface area contributed by atoms with Crippen molar-refractivity contribution in [1.29, 1.82) is 0 Å². The lowest BCUT2D eigenvalue weighted by Crippen LogP contribution is -2.44. The molecule has 5 aromatic rings. The Morgan fingerprint density at radius 1 is 1.00 bits per heavy atom. The van der Waals surface area contributed by atoms with Gasteiger partial charge in [0.25, 0.3) is 5.91 Å². The summed E-state index contributed by atoms with van der Waals surface area (Å²) < 4.78 is 4.96. The number of benzene rings is 3. The standard InChI is InChI=1S/C32H30N6O4/c1-20-16-29(36-42-20)32(41)34-24-5-3-4-21(17-24)30(39)22-6-11-26-27(31(40)35-28(26)18-22)19-33-23-7-9-25(10-8-23)38-14-12-37(2)13-15-38/h3-11,16-19,35,40H,12-15H2,1-2H3,(H,34,41). The molecule has 10 nitrogen and oxygen atoms in total. The fraction of sp³-hybridized carbons (Fsp3) is 0.188. The van der Waals surface area contributed by atoms with E-state index in [1.54, 1.807) is 55.6 Å². The number of amides is 1. The lowest BCUT2D eigenvalue weighted by Gasteiger charge is -2.34. The van der Waals surface area contributed by atoms with Crippen LogP contribution >= 0.6 is 0 Å². The van der Waals surface area contributed by atoms with Crippen LogP contribution in [0.15, 0.2) is 82.3 Å². The summed E-state index contributed by atoms with van der Waals surface area (Å²) in [6.45, 7) is 5.79. The molecule has 212 valence electrons. The van der Waals surface area contributed by atoms with Gasteiger partial charge in [-0.15, -0.1) is 0 Å². The molecule has 1 amide bonds. The third kappa shape index (κ3) is 5.65. The van der Waals surface area contributed by atoms with E-state index in [1.165, 1.54) is 11.8 Å².